The number of benzene rings is 2. The number of nitrogens with zero attached hydrogens (tertiary/aromatic N) is 1. The minimum atomic E-state index is -0.0475. The summed E-state index contributed by atoms with van der Waals surface area (Å²) < 4.78 is 0. The molecule has 1 N–H and O–H groups in total. The van der Waals surface area contributed by atoms with Gasteiger partial charge >= 0.3 is 0 Å². The third-order valence-electron chi connectivity index (χ3n) is 5.53. The van der Waals surface area contributed by atoms with Gasteiger partial charge in [0.15, 0.2) is 0 Å². The van der Waals surface area contributed by atoms with Crippen molar-refractivity contribution in [2.75, 3.05) is 13.1 Å². The van der Waals surface area contributed by atoms with E-state index in [4.69, 9.17) is 0 Å². The van der Waals surface area contributed by atoms with Crippen molar-refractivity contribution in [3.8, 4) is 0 Å². The van der Waals surface area contributed by atoms with E-state index < -0.39 is 0 Å². The normalized spacial score (nSPS) is 21.0. The Balaban J connectivity index is 1.41. The fraction of sp³-hybridized carbons (Fsp3) is 0.429. The zero-order chi connectivity index (χ0) is 17.2. The standard InChI is InChI=1S/C21H24N2O2/c24-20(18-11-10-15-5-1-2-6-17(15)13-18)22-19-9-4-12-23(14-19)21(25)16-7-3-8-16/h1-2,5-6,10-11,13,16,19H,3-4,7-9,12,14H2,(H,22,24)/t19-/m1/s1. The average molecular weight is 336 g/mol. The SMILES string of the molecule is O=C(N[C@@H]1CCCN(C(=O)C2CCC2)C1)c1ccc2ccccc2c1. The molecule has 4 heteroatoms. The van der Waals surface area contributed by atoms with E-state index in [2.05, 4.69) is 5.32 Å². The van der Waals surface area contributed by atoms with Gasteiger partial charge in [0, 0.05) is 30.6 Å². The molecule has 4 nitrogen and oxygen atoms in total. The average Bonchev–Trinajstić information content (AvgIpc) is 2.60. The summed E-state index contributed by atoms with van der Waals surface area (Å²) in [5, 5.41) is 5.33. The van der Waals surface area contributed by atoms with Crippen LogP contribution in [-0.4, -0.2) is 35.8 Å². The van der Waals surface area contributed by atoms with Crippen LogP contribution >= 0.6 is 0 Å². The first-order chi connectivity index (χ1) is 12.2. The largest absolute Gasteiger partial charge is 0.348 e. The fourth-order valence-electron chi connectivity index (χ4n) is 3.81. The summed E-state index contributed by atoms with van der Waals surface area (Å²) in [4.78, 5) is 27.0. The molecule has 2 aliphatic rings. The van der Waals surface area contributed by atoms with Crippen LogP contribution in [0.25, 0.3) is 10.8 Å². The summed E-state index contributed by atoms with van der Waals surface area (Å²) in [6.45, 7) is 1.48. The number of hydrogen-bond donors (Lipinski definition) is 1. The predicted octanol–water partition coefficient (Wildman–Crippen LogP) is 3.36. The Morgan fingerprint density at radius 2 is 1.76 bits per heavy atom. The first-order valence-corrected chi connectivity index (χ1v) is 9.29. The molecule has 0 radical (unpaired) electrons. The smallest absolute Gasteiger partial charge is 0.251 e. The third kappa shape index (κ3) is 3.39. The second-order valence-electron chi connectivity index (χ2n) is 7.29. The van der Waals surface area contributed by atoms with Gasteiger partial charge in [0.1, 0.15) is 0 Å². The lowest BCUT2D eigenvalue weighted by atomic mass is 9.84. The van der Waals surface area contributed by atoms with Gasteiger partial charge in [0.25, 0.3) is 5.91 Å². The number of carbonyl (C=O) groups is 2. The minimum absolute atomic E-state index is 0.0475. The predicted molar refractivity (Wildman–Crippen MR) is 98.4 cm³/mol. The highest BCUT2D eigenvalue weighted by atomic mass is 16.2. The molecule has 1 heterocycles. The molecule has 1 saturated heterocycles. The molecule has 2 aromatic carbocycles. The topological polar surface area (TPSA) is 49.4 Å². The maximum absolute atomic E-state index is 12.6. The van der Waals surface area contributed by atoms with Crippen molar-refractivity contribution in [3.63, 3.8) is 0 Å². The van der Waals surface area contributed by atoms with Crippen molar-refractivity contribution in [2.24, 2.45) is 5.92 Å². The van der Waals surface area contributed by atoms with E-state index in [-0.39, 0.29) is 23.8 Å². The van der Waals surface area contributed by atoms with Gasteiger partial charge in [0.05, 0.1) is 0 Å². The fourth-order valence-corrected chi connectivity index (χ4v) is 3.81. The van der Waals surface area contributed by atoms with E-state index >= 15 is 0 Å². The quantitative estimate of drug-likeness (QED) is 0.934. The number of amides is 2. The molecule has 4 rings (SSSR count). The molecule has 1 saturated carbocycles. The first kappa shape index (κ1) is 16.1. The number of piperidine rings is 1. The molecule has 2 aromatic rings. The van der Waals surface area contributed by atoms with Gasteiger partial charge in [-0.2, -0.15) is 0 Å². The molecule has 2 amide bonds. The summed E-state index contributed by atoms with van der Waals surface area (Å²) in [5.41, 5.74) is 0.682. The summed E-state index contributed by atoms with van der Waals surface area (Å²) in [6.07, 6.45) is 5.13. The lowest BCUT2D eigenvalue weighted by Gasteiger charge is -2.37. The summed E-state index contributed by atoms with van der Waals surface area (Å²) in [7, 11) is 0. The Morgan fingerprint density at radius 3 is 2.52 bits per heavy atom. The second-order valence-corrected chi connectivity index (χ2v) is 7.29. The molecule has 130 valence electrons. The van der Waals surface area contributed by atoms with Crippen LogP contribution in [-0.2, 0) is 4.79 Å². The highest BCUT2D eigenvalue weighted by Gasteiger charge is 2.32. The summed E-state index contributed by atoms with van der Waals surface area (Å²) >= 11 is 0. The molecule has 2 fully saturated rings. The van der Waals surface area contributed by atoms with Crippen molar-refractivity contribution in [3.05, 3.63) is 48.0 Å². The molecule has 1 aliphatic heterocycles. The Kier molecular flexibility index (Phi) is 4.43. The summed E-state index contributed by atoms with van der Waals surface area (Å²) in [5.74, 6) is 0.472. The zero-order valence-corrected chi connectivity index (χ0v) is 14.4. The van der Waals surface area contributed by atoms with Crippen LogP contribution in [0.15, 0.2) is 42.5 Å². The highest BCUT2D eigenvalue weighted by Crippen LogP contribution is 2.29. The van der Waals surface area contributed by atoms with E-state index in [1.807, 2.05) is 47.4 Å². The molecule has 1 aliphatic carbocycles. The minimum Gasteiger partial charge on any atom is -0.348 e. The lowest BCUT2D eigenvalue weighted by molar-refractivity contribution is -0.139. The lowest BCUT2D eigenvalue weighted by Crippen LogP contribution is -2.51. The molecule has 0 aromatic heterocycles. The number of carbonyl (C=O) groups excluding carboxylic acids is 2. The number of nitrogens with one attached hydrogen (secondary N) is 1. The maximum Gasteiger partial charge on any atom is 0.251 e. The Hall–Kier alpha value is -2.36. The molecule has 0 unspecified atom stereocenters. The second kappa shape index (κ2) is 6.87. The van der Waals surface area contributed by atoms with E-state index in [1.165, 1.54) is 6.42 Å². The van der Waals surface area contributed by atoms with E-state index in [0.29, 0.717) is 12.1 Å². The molecular weight excluding hydrogens is 312 g/mol. The molecule has 0 spiro atoms. The van der Waals surface area contributed by atoms with Crippen molar-refractivity contribution in [1.82, 2.24) is 10.2 Å². The number of likely N-dealkylation sites (tertiary alicyclic amines) is 1. The van der Waals surface area contributed by atoms with Crippen LogP contribution in [0.5, 0.6) is 0 Å². The van der Waals surface area contributed by atoms with Crippen LogP contribution in [0.4, 0.5) is 0 Å². The van der Waals surface area contributed by atoms with Gasteiger partial charge in [0.2, 0.25) is 5.91 Å². The van der Waals surface area contributed by atoms with Gasteiger partial charge in [-0.1, -0.05) is 36.8 Å². The van der Waals surface area contributed by atoms with Gasteiger partial charge in [-0.05, 0) is 48.6 Å². The molecule has 0 bridgehead atoms. The number of fused-ring (bicyclic) bond motifs is 1. The first-order valence-electron chi connectivity index (χ1n) is 9.29. The van der Waals surface area contributed by atoms with Gasteiger partial charge < -0.3 is 10.2 Å². The van der Waals surface area contributed by atoms with Crippen LogP contribution in [0, 0.1) is 5.92 Å². The van der Waals surface area contributed by atoms with Crippen molar-refractivity contribution < 1.29 is 9.59 Å². The summed E-state index contributed by atoms with van der Waals surface area (Å²) in [6, 6.07) is 13.9. The Bertz CT molecular complexity index is 797. The highest BCUT2D eigenvalue weighted by molar-refractivity contribution is 5.98. The zero-order valence-electron chi connectivity index (χ0n) is 14.4. The number of hydrogen-bond acceptors (Lipinski definition) is 2. The van der Waals surface area contributed by atoms with E-state index in [0.717, 1.165) is 43.0 Å². The van der Waals surface area contributed by atoms with Crippen LogP contribution in [0.2, 0.25) is 0 Å². The van der Waals surface area contributed by atoms with Crippen LogP contribution in [0.3, 0.4) is 0 Å². The van der Waals surface area contributed by atoms with Crippen LogP contribution < -0.4 is 5.32 Å². The van der Waals surface area contributed by atoms with Crippen molar-refractivity contribution in [1.29, 1.82) is 0 Å². The van der Waals surface area contributed by atoms with Gasteiger partial charge in [-0.25, -0.2) is 0 Å². The van der Waals surface area contributed by atoms with Gasteiger partial charge in [-0.3, -0.25) is 9.59 Å². The monoisotopic (exact) mass is 336 g/mol. The third-order valence-corrected chi connectivity index (χ3v) is 5.53. The molecular formula is C21H24N2O2. The Morgan fingerprint density at radius 1 is 0.960 bits per heavy atom. The van der Waals surface area contributed by atoms with Crippen molar-refractivity contribution >= 4 is 22.6 Å². The Labute approximate surface area is 148 Å². The maximum atomic E-state index is 12.6. The van der Waals surface area contributed by atoms with Crippen molar-refractivity contribution in [2.45, 2.75) is 38.1 Å². The number of rotatable bonds is 3. The van der Waals surface area contributed by atoms with Gasteiger partial charge in [-0.15, -0.1) is 0 Å². The molecule has 25 heavy (non-hydrogen) atoms. The van der Waals surface area contributed by atoms with E-state index in [1.54, 1.807) is 0 Å². The van der Waals surface area contributed by atoms with Crippen LogP contribution in [0.1, 0.15) is 42.5 Å². The van der Waals surface area contributed by atoms with E-state index in [9.17, 15) is 9.59 Å². The molecule has 1 atom stereocenters.